The maximum Gasteiger partial charge on any atom is 0.0440 e. The van der Waals surface area contributed by atoms with Gasteiger partial charge in [0.05, 0.1) is 0 Å². The maximum atomic E-state index is 2.51. The highest BCUT2D eigenvalue weighted by Crippen LogP contribution is 2.54. The molecular formula is C55H38S. The van der Waals surface area contributed by atoms with Crippen LogP contribution in [0.3, 0.4) is 0 Å². The molecule has 0 spiro atoms. The van der Waals surface area contributed by atoms with E-state index in [0.717, 1.165) is 12.8 Å². The summed E-state index contributed by atoms with van der Waals surface area (Å²) < 4.78 is 2.76. The van der Waals surface area contributed by atoms with Gasteiger partial charge in [0.15, 0.2) is 0 Å². The molecule has 0 nitrogen and oxygen atoms in total. The molecule has 0 N–H and O–H groups in total. The van der Waals surface area contributed by atoms with E-state index in [9.17, 15) is 0 Å². The molecular weight excluding hydrogens is 693 g/mol. The molecule has 9 aromatic carbocycles. The van der Waals surface area contributed by atoms with Gasteiger partial charge in [-0.2, -0.15) is 0 Å². The summed E-state index contributed by atoms with van der Waals surface area (Å²) in [7, 11) is 0. The van der Waals surface area contributed by atoms with Crippen LogP contribution in [0.25, 0.3) is 96.7 Å². The zero-order valence-electron chi connectivity index (χ0n) is 31.5. The Morgan fingerprint density at radius 2 is 1.11 bits per heavy atom. The van der Waals surface area contributed by atoms with Crippen molar-refractivity contribution in [2.45, 2.75) is 32.1 Å². The first-order valence-electron chi connectivity index (χ1n) is 19.9. The Hall–Kier alpha value is -6.28. The third kappa shape index (κ3) is 4.53. The van der Waals surface area contributed by atoms with Crippen molar-refractivity contribution in [1.29, 1.82) is 0 Å². The lowest BCUT2D eigenvalue weighted by atomic mass is 9.81. The second-order valence-electron chi connectivity index (χ2n) is 16.3. The van der Waals surface area contributed by atoms with Gasteiger partial charge in [0.25, 0.3) is 0 Å². The summed E-state index contributed by atoms with van der Waals surface area (Å²) >= 11 is 1.94. The second kappa shape index (κ2) is 11.9. The molecule has 0 amide bonds. The van der Waals surface area contributed by atoms with Crippen LogP contribution in [0.5, 0.6) is 0 Å². The van der Waals surface area contributed by atoms with Gasteiger partial charge in [0.1, 0.15) is 0 Å². The Morgan fingerprint density at radius 3 is 1.89 bits per heavy atom. The molecule has 0 fully saturated rings. The van der Waals surface area contributed by atoms with Gasteiger partial charge in [-0.1, -0.05) is 166 Å². The van der Waals surface area contributed by atoms with Crippen molar-refractivity contribution in [2.24, 2.45) is 0 Å². The highest BCUT2D eigenvalue weighted by Gasteiger charge is 2.37. The third-order valence-electron chi connectivity index (χ3n) is 12.9. The zero-order valence-corrected chi connectivity index (χ0v) is 32.3. The predicted octanol–water partition coefficient (Wildman–Crippen LogP) is 15.9. The summed E-state index contributed by atoms with van der Waals surface area (Å²) in [6.45, 7) is 4.81. The Morgan fingerprint density at radius 1 is 0.482 bits per heavy atom. The van der Waals surface area contributed by atoms with Crippen molar-refractivity contribution in [3.05, 3.63) is 192 Å². The van der Waals surface area contributed by atoms with Crippen molar-refractivity contribution >= 4 is 85.7 Å². The van der Waals surface area contributed by atoms with E-state index in [0.29, 0.717) is 0 Å². The van der Waals surface area contributed by atoms with Crippen LogP contribution in [0, 0.1) is 0 Å². The van der Waals surface area contributed by atoms with Crippen LogP contribution >= 0.6 is 11.3 Å². The first-order chi connectivity index (χ1) is 27.5. The minimum absolute atomic E-state index is 0.0806. The monoisotopic (exact) mass is 730 g/mol. The van der Waals surface area contributed by atoms with Crippen LogP contribution in [0.4, 0.5) is 0 Å². The Labute approximate surface area is 330 Å². The fourth-order valence-corrected chi connectivity index (χ4v) is 11.5. The first-order valence-corrected chi connectivity index (χ1v) is 20.7. The number of allylic oxidation sites excluding steroid dienone is 4. The molecule has 0 saturated carbocycles. The molecule has 2 aliphatic rings. The average Bonchev–Trinajstić information content (AvgIpc) is 3.74. The Bertz CT molecular complexity index is 3330. The molecule has 1 heterocycles. The molecule has 0 saturated heterocycles. The third-order valence-corrected chi connectivity index (χ3v) is 14.1. The average molecular weight is 731 g/mol. The summed E-state index contributed by atoms with van der Waals surface area (Å²) in [5.74, 6) is 0. The van der Waals surface area contributed by atoms with Crippen LogP contribution < -0.4 is 0 Å². The topological polar surface area (TPSA) is 0 Å². The van der Waals surface area contributed by atoms with E-state index in [4.69, 9.17) is 0 Å². The number of hydrogen-bond donors (Lipinski definition) is 0. The van der Waals surface area contributed by atoms with E-state index in [1.807, 2.05) is 11.3 Å². The zero-order chi connectivity index (χ0) is 37.1. The van der Waals surface area contributed by atoms with E-state index in [-0.39, 0.29) is 5.41 Å². The molecule has 56 heavy (non-hydrogen) atoms. The van der Waals surface area contributed by atoms with Crippen LogP contribution in [0.15, 0.2) is 170 Å². The highest BCUT2D eigenvalue weighted by molar-refractivity contribution is 7.26. The summed E-state index contributed by atoms with van der Waals surface area (Å²) in [6, 6.07) is 59.4. The van der Waals surface area contributed by atoms with Gasteiger partial charge in [0, 0.05) is 31.0 Å². The van der Waals surface area contributed by atoms with Crippen LogP contribution in [0.1, 0.15) is 48.9 Å². The van der Waals surface area contributed by atoms with E-state index in [2.05, 4.69) is 184 Å². The van der Waals surface area contributed by atoms with E-state index < -0.39 is 0 Å². The lowest BCUT2D eigenvalue weighted by molar-refractivity contribution is 0.661. The van der Waals surface area contributed by atoms with E-state index in [1.54, 1.807) is 0 Å². The number of benzene rings is 9. The fraction of sp³-hybridized carbons (Fsp3) is 0.0909. The number of hydrogen-bond acceptors (Lipinski definition) is 1. The minimum Gasteiger partial charge on any atom is -0.135 e. The smallest absolute Gasteiger partial charge is 0.0440 e. The molecule has 1 heteroatoms. The van der Waals surface area contributed by atoms with Gasteiger partial charge >= 0.3 is 0 Å². The Kier molecular flexibility index (Phi) is 6.78. The molecule has 0 atom stereocenters. The molecule has 0 aliphatic heterocycles. The largest absolute Gasteiger partial charge is 0.135 e. The van der Waals surface area contributed by atoms with Gasteiger partial charge in [-0.25, -0.2) is 0 Å². The molecule has 12 rings (SSSR count). The number of thiophene rings is 1. The van der Waals surface area contributed by atoms with Gasteiger partial charge < -0.3 is 0 Å². The standard InChI is InChI=1S/C55H38S/c1-55(2)47-28-26-37(32-46(47)53-48(55)29-25-34-24-27-45-40-16-9-10-21-49(40)56-54(45)52(34)53)36-14-11-15-38(31-36)50-41-17-5-7-19-43(41)51(44-20-8-6-18-42(44)50)39-23-22-33-12-3-4-13-35(33)30-39/h3-10,12-14,16-32H,11,15H2,1-2H3. The molecule has 1 aromatic heterocycles. The number of fused-ring (bicyclic) bond motifs is 12. The van der Waals surface area contributed by atoms with Gasteiger partial charge in [-0.05, 0) is 124 Å². The SMILES string of the molecule is CC1(C)c2ccc(C3=CCCC(c4c5ccccc5c(-c5ccc6ccccc6c5)c5ccccc45)=C3)cc2-c2c1ccc1ccc3c4ccccc4sc3c21. The lowest BCUT2D eigenvalue weighted by Gasteiger charge is -2.23. The molecule has 2 aliphatic carbocycles. The molecule has 0 bridgehead atoms. The van der Waals surface area contributed by atoms with Crippen molar-refractivity contribution in [3.8, 4) is 22.3 Å². The lowest BCUT2D eigenvalue weighted by Crippen LogP contribution is -2.14. The predicted molar refractivity (Wildman–Crippen MR) is 244 cm³/mol. The molecule has 10 aromatic rings. The van der Waals surface area contributed by atoms with Crippen LogP contribution in [-0.4, -0.2) is 0 Å². The van der Waals surface area contributed by atoms with E-state index >= 15 is 0 Å². The minimum atomic E-state index is -0.0806. The molecule has 0 unspecified atom stereocenters. The van der Waals surface area contributed by atoms with Crippen molar-refractivity contribution < 1.29 is 0 Å². The van der Waals surface area contributed by atoms with Crippen molar-refractivity contribution in [3.63, 3.8) is 0 Å². The summed E-state index contributed by atoms with van der Waals surface area (Å²) in [5, 5.41) is 13.3. The van der Waals surface area contributed by atoms with E-state index in [1.165, 1.54) is 119 Å². The normalized spacial score (nSPS) is 14.8. The fourth-order valence-electron chi connectivity index (χ4n) is 10.2. The van der Waals surface area contributed by atoms with Gasteiger partial charge in [-0.3, -0.25) is 0 Å². The number of rotatable bonds is 3. The van der Waals surface area contributed by atoms with Crippen molar-refractivity contribution in [2.75, 3.05) is 0 Å². The van der Waals surface area contributed by atoms with Gasteiger partial charge in [0.2, 0.25) is 0 Å². The highest BCUT2D eigenvalue weighted by atomic mass is 32.1. The summed E-state index contributed by atoms with van der Waals surface area (Å²) in [4.78, 5) is 0. The Balaban J connectivity index is 1.04. The van der Waals surface area contributed by atoms with Crippen molar-refractivity contribution in [1.82, 2.24) is 0 Å². The summed E-state index contributed by atoms with van der Waals surface area (Å²) in [6.07, 6.45) is 7.00. The summed E-state index contributed by atoms with van der Waals surface area (Å²) in [5.41, 5.74) is 13.6. The first kappa shape index (κ1) is 32.0. The molecule has 264 valence electrons. The van der Waals surface area contributed by atoms with Crippen LogP contribution in [0.2, 0.25) is 0 Å². The maximum absolute atomic E-state index is 2.51. The van der Waals surface area contributed by atoms with Crippen LogP contribution in [-0.2, 0) is 5.41 Å². The van der Waals surface area contributed by atoms with Gasteiger partial charge in [-0.15, -0.1) is 11.3 Å². The second-order valence-corrected chi connectivity index (χ2v) is 17.3. The quantitative estimate of drug-likeness (QED) is 0.159. The molecule has 0 radical (unpaired) electrons.